The van der Waals surface area contributed by atoms with Crippen molar-refractivity contribution in [2.45, 2.75) is 13.0 Å². The monoisotopic (exact) mass is 227 g/mol. The summed E-state index contributed by atoms with van der Waals surface area (Å²) in [6.07, 6.45) is -2.52. The molecule has 0 spiro atoms. The molecule has 1 aromatic heterocycles. The van der Waals surface area contributed by atoms with Crippen molar-refractivity contribution in [3.63, 3.8) is 0 Å². The Morgan fingerprint density at radius 3 is 2.55 bits per heavy atom. The Morgan fingerprint density at radius 1 is 1.55 bits per heavy atom. The molecule has 1 heterocycles. The van der Waals surface area contributed by atoms with E-state index >= 15 is 0 Å². The van der Waals surface area contributed by atoms with Crippen molar-refractivity contribution in [1.29, 1.82) is 0 Å². The second-order valence-corrected chi connectivity index (χ2v) is 2.51. The number of halogens is 3. The van der Waals surface area contributed by atoms with E-state index in [2.05, 4.69) is 26.1 Å². The lowest BCUT2D eigenvalue weighted by Gasteiger charge is -1.94. The second kappa shape index (κ2) is 3.12. The van der Waals surface area contributed by atoms with Crippen molar-refractivity contribution in [2.75, 3.05) is 0 Å². The smallest absolute Gasteiger partial charge is 0.265 e. The van der Waals surface area contributed by atoms with Crippen LogP contribution < -0.4 is 0 Å². The van der Waals surface area contributed by atoms with Crippen molar-refractivity contribution < 1.29 is 13.9 Å². The highest BCUT2D eigenvalue weighted by atomic mass is 79.9. The molecule has 4 nitrogen and oxygen atoms in total. The quantitative estimate of drug-likeness (QED) is 0.821. The summed E-state index contributed by atoms with van der Waals surface area (Å²) in [7, 11) is 0. The van der Waals surface area contributed by atoms with E-state index in [1.165, 1.54) is 0 Å². The van der Waals surface area contributed by atoms with E-state index < -0.39 is 13.0 Å². The number of nitrogens with zero attached hydrogens (tertiary/aromatic N) is 3. The van der Waals surface area contributed by atoms with Crippen LogP contribution in [-0.4, -0.2) is 26.5 Å². The van der Waals surface area contributed by atoms with Crippen molar-refractivity contribution in [3.8, 4) is 5.88 Å². The molecule has 0 saturated heterocycles. The molecule has 0 aliphatic carbocycles. The van der Waals surface area contributed by atoms with E-state index in [-0.39, 0.29) is 10.5 Å². The normalized spacial score (nSPS) is 10.9. The summed E-state index contributed by atoms with van der Waals surface area (Å²) in [6.45, 7) is -0.612. The largest absolute Gasteiger partial charge is 0.490 e. The van der Waals surface area contributed by atoms with Gasteiger partial charge in [-0.3, -0.25) is 0 Å². The third-order valence-electron chi connectivity index (χ3n) is 0.899. The van der Waals surface area contributed by atoms with Crippen molar-refractivity contribution in [1.82, 2.24) is 15.0 Å². The van der Waals surface area contributed by atoms with Gasteiger partial charge in [0.25, 0.3) is 12.3 Å². The van der Waals surface area contributed by atoms with Crippen LogP contribution in [0.5, 0.6) is 5.88 Å². The van der Waals surface area contributed by atoms with Gasteiger partial charge in [0.1, 0.15) is 6.54 Å². The Bertz CT molecular complexity index is 232. The van der Waals surface area contributed by atoms with Gasteiger partial charge >= 0.3 is 0 Å². The van der Waals surface area contributed by atoms with Crippen LogP contribution in [0.1, 0.15) is 0 Å². The summed E-state index contributed by atoms with van der Waals surface area (Å²) >= 11 is 2.82. The first-order chi connectivity index (χ1) is 5.09. The SMILES string of the molecule is Oc1nn(CC(F)F)nc1Br. The highest BCUT2D eigenvalue weighted by Crippen LogP contribution is 2.16. The summed E-state index contributed by atoms with van der Waals surface area (Å²) in [4.78, 5) is 0.726. The molecule has 0 saturated carbocycles. The average Bonchev–Trinajstić information content (AvgIpc) is 2.10. The van der Waals surface area contributed by atoms with Crippen molar-refractivity contribution >= 4 is 15.9 Å². The molecule has 0 aliphatic rings. The molecule has 0 bridgehead atoms. The molecule has 0 amide bonds. The molecule has 0 radical (unpaired) electrons. The summed E-state index contributed by atoms with van der Waals surface area (Å²) in [6, 6.07) is 0. The Labute approximate surface area is 68.9 Å². The predicted octanol–water partition coefficient (Wildman–Crippen LogP) is 1.01. The third kappa shape index (κ3) is 2.11. The number of alkyl halides is 2. The highest BCUT2D eigenvalue weighted by Gasteiger charge is 2.10. The molecule has 0 aliphatic heterocycles. The third-order valence-corrected chi connectivity index (χ3v) is 1.41. The molecule has 62 valence electrons. The maximum Gasteiger partial charge on any atom is 0.265 e. The van der Waals surface area contributed by atoms with Crippen LogP contribution in [0.25, 0.3) is 0 Å². The van der Waals surface area contributed by atoms with Gasteiger partial charge in [0.2, 0.25) is 0 Å². The Kier molecular flexibility index (Phi) is 2.38. The van der Waals surface area contributed by atoms with E-state index in [1.807, 2.05) is 0 Å². The molecule has 7 heteroatoms. The molecule has 1 N–H and O–H groups in total. The van der Waals surface area contributed by atoms with Crippen LogP contribution in [0.15, 0.2) is 4.60 Å². The van der Waals surface area contributed by atoms with Gasteiger partial charge in [0, 0.05) is 0 Å². The van der Waals surface area contributed by atoms with Gasteiger partial charge in [-0.15, -0.1) is 10.2 Å². The number of aromatic hydroxyl groups is 1. The summed E-state index contributed by atoms with van der Waals surface area (Å²) in [5, 5.41) is 15.5. The lowest BCUT2D eigenvalue weighted by molar-refractivity contribution is 0.115. The average molecular weight is 228 g/mol. The molecule has 0 unspecified atom stereocenters. The van der Waals surface area contributed by atoms with E-state index in [9.17, 15) is 8.78 Å². The van der Waals surface area contributed by atoms with Gasteiger partial charge in [-0.25, -0.2) is 8.78 Å². The van der Waals surface area contributed by atoms with Crippen molar-refractivity contribution in [3.05, 3.63) is 4.60 Å². The molecule has 1 aromatic rings. The van der Waals surface area contributed by atoms with Crippen molar-refractivity contribution in [2.24, 2.45) is 0 Å². The fourth-order valence-electron chi connectivity index (χ4n) is 0.524. The van der Waals surface area contributed by atoms with Crippen LogP contribution in [0.2, 0.25) is 0 Å². The number of rotatable bonds is 2. The highest BCUT2D eigenvalue weighted by molar-refractivity contribution is 9.10. The van der Waals surface area contributed by atoms with Gasteiger partial charge in [-0.1, -0.05) is 0 Å². The van der Waals surface area contributed by atoms with Crippen LogP contribution in [-0.2, 0) is 6.54 Å². The minimum atomic E-state index is -2.52. The lowest BCUT2D eigenvalue weighted by atomic mass is 10.7. The molecular formula is C4H4BrF2N3O. The Hall–Kier alpha value is -0.720. The predicted molar refractivity (Wildman–Crippen MR) is 35.4 cm³/mol. The number of hydrogen-bond acceptors (Lipinski definition) is 3. The summed E-state index contributed by atoms with van der Waals surface area (Å²) in [5.41, 5.74) is 0. The Morgan fingerprint density at radius 2 is 2.18 bits per heavy atom. The first kappa shape index (κ1) is 8.38. The fraction of sp³-hybridized carbons (Fsp3) is 0.500. The topological polar surface area (TPSA) is 50.9 Å². The second-order valence-electron chi connectivity index (χ2n) is 1.76. The maximum absolute atomic E-state index is 11.7. The fourth-order valence-corrected chi connectivity index (χ4v) is 0.786. The van der Waals surface area contributed by atoms with E-state index in [0.717, 1.165) is 4.80 Å². The van der Waals surface area contributed by atoms with Gasteiger partial charge in [-0.05, 0) is 15.9 Å². The number of hydrogen-bond donors (Lipinski definition) is 1. The minimum absolute atomic E-state index is 0.0677. The Balaban J connectivity index is 2.73. The first-order valence-electron chi connectivity index (χ1n) is 2.67. The van der Waals surface area contributed by atoms with Gasteiger partial charge in [0.15, 0.2) is 4.60 Å². The summed E-state index contributed by atoms with van der Waals surface area (Å²) < 4.78 is 23.4. The summed E-state index contributed by atoms with van der Waals surface area (Å²) in [5.74, 6) is -0.384. The zero-order valence-electron chi connectivity index (χ0n) is 5.21. The zero-order chi connectivity index (χ0) is 8.43. The lowest BCUT2D eigenvalue weighted by Crippen LogP contribution is -2.09. The number of aromatic nitrogens is 3. The molecule has 1 rings (SSSR count). The van der Waals surface area contributed by atoms with E-state index in [4.69, 9.17) is 5.11 Å². The molecular weight excluding hydrogens is 224 g/mol. The van der Waals surface area contributed by atoms with Gasteiger partial charge in [-0.2, -0.15) is 4.80 Å². The minimum Gasteiger partial charge on any atom is -0.490 e. The van der Waals surface area contributed by atoms with Crippen LogP contribution in [0, 0.1) is 0 Å². The van der Waals surface area contributed by atoms with Crippen LogP contribution in [0.3, 0.4) is 0 Å². The van der Waals surface area contributed by atoms with E-state index in [1.54, 1.807) is 0 Å². The molecule has 0 atom stereocenters. The van der Waals surface area contributed by atoms with Crippen LogP contribution >= 0.6 is 15.9 Å². The first-order valence-corrected chi connectivity index (χ1v) is 3.46. The zero-order valence-corrected chi connectivity index (χ0v) is 6.79. The standard InChI is InChI=1S/C4H4BrF2N3O/c5-3-4(11)9-10(8-3)1-2(6)7/h2H,1H2,(H,9,11). The molecule has 0 aromatic carbocycles. The molecule has 11 heavy (non-hydrogen) atoms. The van der Waals surface area contributed by atoms with E-state index in [0.29, 0.717) is 0 Å². The van der Waals surface area contributed by atoms with Gasteiger partial charge < -0.3 is 5.11 Å². The van der Waals surface area contributed by atoms with Crippen LogP contribution in [0.4, 0.5) is 8.78 Å². The molecule has 0 fully saturated rings. The van der Waals surface area contributed by atoms with Gasteiger partial charge in [0.05, 0.1) is 0 Å². The maximum atomic E-state index is 11.7.